The van der Waals surface area contributed by atoms with Crippen LogP contribution in [0.2, 0.25) is 5.02 Å². The largest absolute Gasteiger partial charge is 0.345 e. The zero-order valence-electron chi connectivity index (χ0n) is 9.11. The van der Waals surface area contributed by atoms with E-state index >= 15 is 0 Å². The van der Waals surface area contributed by atoms with Crippen molar-refractivity contribution in [2.45, 2.75) is 13.5 Å². The molecule has 2 rings (SSSR count). The van der Waals surface area contributed by atoms with E-state index in [-0.39, 0.29) is 5.91 Å². The molecule has 0 saturated carbocycles. The van der Waals surface area contributed by atoms with Crippen molar-refractivity contribution in [1.29, 1.82) is 0 Å². The van der Waals surface area contributed by atoms with Crippen molar-refractivity contribution in [2.24, 2.45) is 0 Å². The topological polar surface area (TPSA) is 54.9 Å². The molecule has 0 saturated heterocycles. The molecular weight excluding hydrogens is 258 g/mol. The zero-order chi connectivity index (χ0) is 12.3. The van der Waals surface area contributed by atoms with Crippen molar-refractivity contribution in [3.63, 3.8) is 0 Å². The van der Waals surface area contributed by atoms with Gasteiger partial charge in [-0.1, -0.05) is 11.6 Å². The van der Waals surface area contributed by atoms with E-state index in [9.17, 15) is 4.79 Å². The predicted molar refractivity (Wildman–Crippen MR) is 67.3 cm³/mol. The number of amides is 1. The molecule has 0 aliphatic carbocycles. The van der Waals surface area contributed by atoms with Crippen LogP contribution >= 0.6 is 22.9 Å². The lowest BCUT2D eigenvalue weighted by Gasteiger charge is -2.03. The van der Waals surface area contributed by atoms with Gasteiger partial charge in [-0.3, -0.25) is 9.78 Å². The third-order valence-corrected chi connectivity index (χ3v) is 3.32. The Bertz CT molecular complexity index is 541. The molecule has 17 heavy (non-hydrogen) atoms. The van der Waals surface area contributed by atoms with Crippen molar-refractivity contribution in [3.8, 4) is 0 Å². The number of carbonyl (C=O) groups excluding carboxylic acids is 1. The summed E-state index contributed by atoms with van der Waals surface area (Å²) in [6, 6.07) is 1.59. The number of thiazole rings is 1. The molecule has 6 heteroatoms. The van der Waals surface area contributed by atoms with E-state index in [1.54, 1.807) is 29.8 Å². The molecule has 0 fully saturated rings. The van der Waals surface area contributed by atoms with E-state index in [2.05, 4.69) is 15.3 Å². The van der Waals surface area contributed by atoms with Gasteiger partial charge in [-0.2, -0.15) is 0 Å². The Morgan fingerprint density at radius 1 is 1.53 bits per heavy atom. The fraction of sp³-hybridized carbons (Fsp3) is 0.182. The number of nitrogens with zero attached hydrogens (tertiary/aromatic N) is 2. The highest BCUT2D eigenvalue weighted by Crippen LogP contribution is 2.14. The molecule has 0 unspecified atom stereocenters. The van der Waals surface area contributed by atoms with Gasteiger partial charge in [0.15, 0.2) is 0 Å². The van der Waals surface area contributed by atoms with E-state index in [0.29, 0.717) is 17.1 Å². The molecule has 0 aliphatic heterocycles. The molecule has 2 aromatic rings. The van der Waals surface area contributed by atoms with E-state index in [4.69, 9.17) is 11.6 Å². The van der Waals surface area contributed by atoms with Crippen molar-refractivity contribution in [3.05, 3.63) is 45.1 Å². The minimum absolute atomic E-state index is 0.240. The average Bonchev–Trinajstić information content (AvgIpc) is 2.73. The molecule has 88 valence electrons. The van der Waals surface area contributed by atoms with Gasteiger partial charge in [0.05, 0.1) is 17.1 Å². The van der Waals surface area contributed by atoms with Crippen LogP contribution in [0.3, 0.4) is 0 Å². The van der Waals surface area contributed by atoms with Gasteiger partial charge >= 0.3 is 0 Å². The van der Waals surface area contributed by atoms with Crippen LogP contribution in [0.25, 0.3) is 0 Å². The maximum atomic E-state index is 11.8. The van der Waals surface area contributed by atoms with Crippen LogP contribution in [0.1, 0.15) is 20.2 Å². The third kappa shape index (κ3) is 3.01. The number of aryl methyl sites for hydroxylation is 1. The van der Waals surface area contributed by atoms with Gasteiger partial charge in [0, 0.05) is 23.5 Å². The SMILES string of the molecule is Cc1cnc(CNC(=O)c2cnccc2Cl)s1. The molecule has 2 aromatic heterocycles. The van der Waals surface area contributed by atoms with Crippen LogP contribution in [-0.4, -0.2) is 15.9 Å². The van der Waals surface area contributed by atoms with Gasteiger partial charge in [0.1, 0.15) is 5.01 Å². The molecular formula is C11H10ClN3OS. The van der Waals surface area contributed by atoms with Gasteiger partial charge in [0.25, 0.3) is 5.91 Å². The lowest BCUT2D eigenvalue weighted by Crippen LogP contribution is -2.23. The maximum Gasteiger partial charge on any atom is 0.254 e. The highest BCUT2D eigenvalue weighted by atomic mass is 35.5. The van der Waals surface area contributed by atoms with Crippen molar-refractivity contribution in [2.75, 3.05) is 0 Å². The summed E-state index contributed by atoms with van der Waals surface area (Å²) in [5, 5.41) is 4.02. The Balaban J connectivity index is 2.01. The lowest BCUT2D eigenvalue weighted by molar-refractivity contribution is 0.0950. The smallest absolute Gasteiger partial charge is 0.254 e. The highest BCUT2D eigenvalue weighted by Gasteiger charge is 2.10. The standard InChI is InChI=1S/C11H10ClN3OS/c1-7-4-14-10(17-7)6-15-11(16)8-5-13-3-2-9(8)12/h2-5H,6H2,1H3,(H,15,16). The fourth-order valence-electron chi connectivity index (χ4n) is 1.28. The van der Waals surface area contributed by atoms with E-state index < -0.39 is 0 Å². The summed E-state index contributed by atoms with van der Waals surface area (Å²) in [4.78, 5) is 20.9. The number of hydrogen-bond donors (Lipinski definition) is 1. The lowest BCUT2D eigenvalue weighted by atomic mass is 10.2. The molecule has 0 atom stereocenters. The quantitative estimate of drug-likeness (QED) is 0.929. The molecule has 2 heterocycles. The molecule has 0 radical (unpaired) electrons. The fourth-order valence-corrected chi connectivity index (χ4v) is 2.20. The zero-order valence-corrected chi connectivity index (χ0v) is 10.7. The normalized spacial score (nSPS) is 10.2. The Labute approximate surface area is 108 Å². The molecule has 4 nitrogen and oxygen atoms in total. The highest BCUT2D eigenvalue weighted by molar-refractivity contribution is 7.11. The monoisotopic (exact) mass is 267 g/mol. The predicted octanol–water partition coefficient (Wildman–Crippen LogP) is 2.43. The van der Waals surface area contributed by atoms with Crippen LogP contribution in [0.5, 0.6) is 0 Å². The van der Waals surface area contributed by atoms with Gasteiger partial charge in [-0.15, -0.1) is 11.3 Å². The van der Waals surface area contributed by atoms with Crippen LogP contribution in [0, 0.1) is 6.92 Å². The van der Waals surface area contributed by atoms with Crippen LogP contribution in [0.4, 0.5) is 0 Å². The second-order valence-corrected chi connectivity index (χ2v) is 5.13. The van der Waals surface area contributed by atoms with Crippen molar-refractivity contribution in [1.82, 2.24) is 15.3 Å². The van der Waals surface area contributed by atoms with Crippen molar-refractivity contribution < 1.29 is 4.79 Å². The minimum atomic E-state index is -0.240. The van der Waals surface area contributed by atoms with Crippen LogP contribution in [-0.2, 0) is 6.54 Å². The first kappa shape index (κ1) is 12.0. The number of hydrogen-bond acceptors (Lipinski definition) is 4. The van der Waals surface area contributed by atoms with Gasteiger partial charge in [-0.05, 0) is 13.0 Å². The molecule has 0 aliphatic rings. The Hall–Kier alpha value is -1.46. The summed E-state index contributed by atoms with van der Waals surface area (Å²) in [7, 11) is 0. The summed E-state index contributed by atoms with van der Waals surface area (Å²) >= 11 is 7.45. The average molecular weight is 268 g/mol. The molecule has 0 bridgehead atoms. The first-order chi connectivity index (χ1) is 8.16. The number of nitrogens with one attached hydrogen (secondary N) is 1. The molecule has 0 aromatic carbocycles. The molecule has 0 spiro atoms. The Kier molecular flexibility index (Phi) is 3.71. The number of carbonyl (C=O) groups is 1. The van der Waals surface area contributed by atoms with E-state index in [1.807, 2.05) is 6.92 Å². The van der Waals surface area contributed by atoms with Gasteiger partial charge < -0.3 is 5.32 Å². The summed E-state index contributed by atoms with van der Waals surface area (Å²) in [6.45, 7) is 2.38. The number of pyridine rings is 1. The molecule has 1 N–H and O–H groups in total. The number of rotatable bonds is 3. The first-order valence-corrected chi connectivity index (χ1v) is 6.15. The Morgan fingerprint density at radius 3 is 3.00 bits per heavy atom. The maximum absolute atomic E-state index is 11.8. The molecule has 1 amide bonds. The number of halogens is 1. The van der Waals surface area contributed by atoms with E-state index in [1.165, 1.54) is 6.20 Å². The third-order valence-electron chi connectivity index (χ3n) is 2.08. The summed E-state index contributed by atoms with van der Waals surface area (Å²) < 4.78 is 0. The summed E-state index contributed by atoms with van der Waals surface area (Å²) in [5.74, 6) is -0.240. The Morgan fingerprint density at radius 2 is 2.35 bits per heavy atom. The van der Waals surface area contributed by atoms with Crippen molar-refractivity contribution >= 4 is 28.8 Å². The van der Waals surface area contributed by atoms with Crippen LogP contribution < -0.4 is 5.32 Å². The van der Waals surface area contributed by atoms with Gasteiger partial charge in [-0.25, -0.2) is 4.98 Å². The van der Waals surface area contributed by atoms with Gasteiger partial charge in [0.2, 0.25) is 0 Å². The van der Waals surface area contributed by atoms with Crippen LogP contribution in [0.15, 0.2) is 24.7 Å². The number of aromatic nitrogens is 2. The second kappa shape index (κ2) is 5.25. The van der Waals surface area contributed by atoms with E-state index in [0.717, 1.165) is 9.88 Å². The minimum Gasteiger partial charge on any atom is -0.345 e. The summed E-state index contributed by atoms with van der Waals surface area (Å²) in [5.41, 5.74) is 0.377. The first-order valence-electron chi connectivity index (χ1n) is 4.96. The summed E-state index contributed by atoms with van der Waals surface area (Å²) in [6.07, 6.45) is 4.78. The second-order valence-electron chi connectivity index (χ2n) is 3.40.